The summed E-state index contributed by atoms with van der Waals surface area (Å²) in [5.41, 5.74) is 6.18. The van der Waals surface area contributed by atoms with Gasteiger partial charge in [-0.1, -0.05) is 11.6 Å². The van der Waals surface area contributed by atoms with Crippen LogP contribution in [0.1, 0.15) is 48.1 Å². The zero-order valence-electron chi connectivity index (χ0n) is 23.0. The highest BCUT2D eigenvalue weighted by atomic mass is 32.1. The first-order valence-corrected chi connectivity index (χ1v) is 15.3. The number of anilines is 1. The average Bonchev–Trinajstić information content (AvgIpc) is 3.54. The summed E-state index contributed by atoms with van der Waals surface area (Å²) in [6.07, 6.45) is 6.71. The van der Waals surface area contributed by atoms with Crippen LogP contribution in [-0.4, -0.2) is 64.8 Å². The fraction of sp³-hybridized carbons (Fsp3) is 0.516. The van der Waals surface area contributed by atoms with Gasteiger partial charge in [0.1, 0.15) is 12.4 Å². The molecule has 0 amide bonds. The van der Waals surface area contributed by atoms with E-state index in [1.807, 2.05) is 12.3 Å². The maximum Gasteiger partial charge on any atom is 0.310 e. The quantitative estimate of drug-likeness (QED) is 0.435. The Morgan fingerprint density at radius 3 is 2.95 bits per heavy atom. The zero-order valence-corrected chi connectivity index (χ0v) is 23.8. The molecule has 0 unspecified atom stereocenters. The minimum Gasteiger partial charge on any atom is -0.488 e. The third-order valence-corrected chi connectivity index (χ3v) is 10.2. The maximum absolute atomic E-state index is 11.7. The number of hydrogen-bond donors (Lipinski definition) is 1. The fourth-order valence-corrected chi connectivity index (χ4v) is 7.61. The number of piperidine rings is 1. The minimum absolute atomic E-state index is 0.235. The van der Waals surface area contributed by atoms with E-state index in [4.69, 9.17) is 19.4 Å². The van der Waals surface area contributed by atoms with Crippen molar-refractivity contribution in [2.75, 3.05) is 37.7 Å². The van der Waals surface area contributed by atoms with Gasteiger partial charge >= 0.3 is 5.97 Å². The molecule has 0 bridgehead atoms. The molecule has 2 saturated heterocycles. The molecule has 2 atom stereocenters. The number of hydrogen-bond acceptors (Lipinski definition) is 8. The number of aliphatic carboxylic acids is 1. The molecular weight excluding hydrogens is 524 g/mol. The number of rotatable bonds is 7. The van der Waals surface area contributed by atoms with Gasteiger partial charge in [-0.2, -0.15) is 0 Å². The molecule has 0 spiro atoms. The lowest BCUT2D eigenvalue weighted by Gasteiger charge is -2.37. The number of fused-ring (bicyclic) bond motifs is 2. The lowest BCUT2D eigenvalue weighted by molar-refractivity contribution is -0.144. The van der Waals surface area contributed by atoms with Crippen LogP contribution >= 0.6 is 11.3 Å². The smallest absolute Gasteiger partial charge is 0.310 e. The van der Waals surface area contributed by atoms with Gasteiger partial charge in [0.05, 0.1) is 16.8 Å². The predicted octanol–water partition coefficient (Wildman–Crippen LogP) is 4.93. The molecule has 3 fully saturated rings. The van der Waals surface area contributed by atoms with Crippen LogP contribution in [0.25, 0.3) is 11.3 Å². The number of carboxylic acid groups (broad SMARTS) is 1. The predicted molar refractivity (Wildman–Crippen MR) is 154 cm³/mol. The summed E-state index contributed by atoms with van der Waals surface area (Å²) >= 11 is 1.62. The largest absolute Gasteiger partial charge is 0.488 e. The van der Waals surface area contributed by atoms with Crippen LogP contribution < -0.4 is 9.64 Å². The Hall–Kier alpha value is -3.01. The summed E-state index contributed by atoms with van der Waals surface area (Å²) in [5, 5.41) is 12.7. The first kappa shape index (κ1) is 25.9. The van der Waals surface area contributed by atoms with E-state index >= 15 is 0 Å². The Morgan fingerprint density at radius 1 is 1.25 bits per heavy atom. The SMILES string of the molecule is Cc1ccc(OCc2cnc3c(c2)CCN(C2CCOCC2)C3)c(-c2csc(N3CC[C@@]4(C(=O)O)C[C@H]4C3)n2)c1. The van der Waals surface area contributed by atoms with Crippen molar-refractivity contribution < 1.29 is 19.4 Å². The van der Waals surface area contributed by atoms with Gasteiger partial charge in [0.25, 0.3) is 0 Å². The average molecular weight is 561 g/mol. The molecule has 3 aromatic rings. The van der Waals surface area contributed by atoms with Crippen molar-refractivity contribution >= 4 is 22.4 Å². The van der Waals surface area contributed by atoms with E-state index in [-0.39, 0.29) is 5.92 Å². The molecule has 9 heteroatoms. The van der Waals surface area contributed by atoms with E-state index < -0.39 is 11.4 Å². The number of thiazole rings is 1. The highest BCUT2D eigenvalue weighted by molar-refractivity contribution is 7.14. The third-order valence-electron chi connectivity index (χ3n) is 9.34. The molecule has 1 N–H and O–H groups in total. The van der Waals surface area contributed by atoms with Gasteiger partial charge in [0.15, 0.2) is 5.13 Å². The molecule has 210 valence electrons. The highest BCUT2D eigenvalue weighted by Gasteiger charge is 2.62. The van der Waals surface area contributed by atoms with Crippen molar-refractivity contribution in [3.8, 4) is 17.0 Å². The molecule has 1 aliphatic carbocycles. The van der Waals surface area contributed by atoms with E-state index in [0.717, 1.165) is 98.3 Å². The van der Waals surface area contributed by atoms with Crippen LogP contribution in [0.2, 0.25) is 0 Å². The van der Waals surface area contributed by atoms with E-state index in [9.17, 15) is 9.90 Å². The van der Waals surface area contributed by atoms with Gasteiger partial charge in [0.2, 0.25) is 0 Å². The zero-order chi connectivity index (χ0) is 27.3. The Bertz CT molecular complexity index is 1420. The number of aryl methyl sites for hydroxylation is 1. The van der Waals surface area contributed by atoms with Crippen LogP contribution in [-0.2, 0) is 29.1 Å². The summed E-state index contributed by atoms with van der Waals surface area (Å²) in [7, 11) is 0. The molecule has 40 heavy (non-hydrogen) atoms. The van der Waals surface area contributed by atoms with Gasteiger partial charge in [-0.25, -0.2) is 4.98 Å². The van der Waals surface area contributed by atoms with Crippen LogP contribution in [0.5, 0.6) is 5.75 Å². The molecule has 4 aliphatic rings. The monoisotopic (exact) mass is 560 g/mol. The lowest BCUT2D eigenvalue weighted by atomic mass is 9.96. The normalized spacial score (nSPS) is 24.8. The van der Waals surface area contributed by atoms with Crippen LogP contribution in [0.4, 0.5) is 5.13 Å². The van der Waals surface area contributed by atoms with Gasteiger partial charge in [-0.3, -0.25) is 14.7 Å². The van der Waals surface area contributed by atoms with Gasteiger partial charge in [0, 0.05) is 68.1 Å². The highest BCUT2D eigenvalue weighted by Crippen LogP contribution is 2.58. The van der Waals surface area contributed by atoms with E-state index in [1.165, 1.54) is 11.3 Å². The number of ether oxygens (including phenoxy) is 2. The second-order valence-electron chi connectivity index (χ2n) is 11.9. The summed E-state index contributed by atoms with van der Waals surface area (Å²) in [4.78, 5) is 26.3. The summed E-state index contributed by atoms with van der Waals surface area (Å²) in [5.74, 6) is 0.417. The van der Waals surface area contributed by atoms with Crippen LogP contribution in [0.3, 0.4) is 0 Å². The van der Waals surface area contributed by atoms with Crippen molar-refractivity contribution in [1.82, 2.24) is 14.9 Å². The second-order valence-corrected chi connectivity index (χ2v) is 12.7. The number of carboxylic acids is 1. The Balaban J connectivity index is 1.03. The van der Waals surface area contributed by atoms with Crippen molar-refractivity contribution in [2.24, 2.45) is 11.3 Å². The molecule has 7 rings (SSSR count). The molecule has 0 radical (unpaired) electrons. The number of pyridine rings is 1. The number of benzene rings is 1. The maximum atomic E-state index is 11.7. The summed E-state index contributed by atoms with van der Waals surface area (Å²) in [6.45, 7) is 7.79. The van der Waals surface area contributed by atoms with Gasteiger partial charge in [-0.15, -0.1) is 11.3 Å². The summed E-state index contributed by atoms with van der Waals surface area (Å²) in [6, 6.07) is 9.12. The fourth-order valence-electron chi connectivity index (χ4n) is 6.75. The van der Waals surface area contributed by atoms with Crippen LogP contribution in [0.15, 0.2) is 35.8 Å². The van der Waals surface area contributed by atoms with Crippen molar-refractivity contribution in [2.45, 2.75) is 58.2 Å². The molecule has 1 saturated carbocycles. The van der Waals surface area contributed by atoms with E-state index in [2.05, 4.69) is 40.3 Å². The van der Waals surface area contributed by atoms with Crippen molar-refractivity contribution in [3.05, 3.63) is 58.2 Å². The molecule has 2 aromatic heterocycles. The van der Waals surface area contributed by atoms with Crippen molar-refractivity contribution in [1.29, 1.82) is 0 Å². The van der Waals surface area contributed by atoms with Crippen LogP contribution in [0, 0.1) is 18.3 Å². The molecular formula is C31H36N4O4S. The molecule has 5 heterocycles. The van der Waals surface area contributed by atoms with Gasteiger partial charge in [-0.05, 0) is 68.7 Å². The second kappa shape index (κ2) is 10.4. The first-order valence-electron chi connectivity index (χ1n) is 14.4. The molecule has 1 aromatic carbocycles. The van der Waals surface area contributed by atoms with E-state index in [1.54, 1.807) is 11.3 Å². The Morgan fingerprint density at radius 2 is 2.12 bits per heavy atom. The molecule has 8 nitrogen and oxygen atoms in total. The number of carbonyl (C=O) groups is 1. The minimum atomic E-state index is -0.635. The summed E-state index contributed by atoms with van der Waals surface area (Å²) < 4.78 is 11.9. The first-order chi connectivity index (χ1) is 19.5. The Kier molecular flexibility index (Phi) is 6.76. The van der Waals surface area contributed by atoms with E-state index in [0.29, 0.717) is 19.1 Å². The topological polar surface area (TPSA) is 88.0 Å². The molecule has 3 aliphatic heterocycles. The lowest BCUT2D eigenvalue weighted by Crippen LogP contribution is -2.42. The van der Waals surface area contributed by atoms with Gasteiger partial charge < -0.3 is 19.5 Å². The third kappa shape index (κ3) is 4.88. The standard InChI is InChI=1S/C31H36N4O4S/c1-20-2-3-28(25(12-20)27-19-40-30(33-27)35-9-7-31(29(36)37)14-23(31)16-35)39-18-21-13-22-4-8-34(17-26(22)32-15-21)24-5-10-38-11-6-24/h2-3,12-13,15,19,23-24H,4-11,14,16-18H2,1H3,(H,36,37)/t23-,31+/m0/s1. The number of aromatic nitrogens is 2. The number of nitrogens with zero attached hydrogens (tertiary/aromatic N) is 4. The Labute approximate surface area is 239 Å². The van der Waals surface area contributed by atoms with Crippen molar-refractivity contribution in [3.63, 3.8) is 0 Å².